The zero-order chi connectivity index (χ0) is 18.4. The lowest BCUT2D eigenvalue weighted by atomic mass is 10.0. The van der Waals surface area contributed by atoms with Crippen LogP contribution in [-0.4, -0.2) is 42.0 Å². The normalized spacial score (nSPS) is 14.0. The van der Waals surface area contributed by atoms with E-state index in [1.807, 2.05) is 13.8 Å². The van der Waals surface area contributed by atoms with E-state index in [1.165, 1.54) is 26.3 Å². The molecule has 24 heavy (non-hydrogen) atoms. The molecule has 0 fully saturated rings. The summed E-state index contributed by atoms with van der Waals surface area (Å²) in [5, 5.41) is 19.7. The number of methoxy groups -OCH3 is 1. The maximum absolute atomic E-state index is 14.2. The first-order valence-corrected chi connectivity index (χ1v) is 7.65. The molecule has 2 N–H and O–H groups in total. The van der Waals surface area contributed by atoms with E-state index in [2.05, 4.69) is 4.99 Å². The summed E-state index contributed by atoms with van der Waals surface area (Å²) in [4.78, 5) is 16.0. The smallest absolute Gasteiger partial charge is 0.165 e. The quantitative estimate of drug-likeness (QED) is 0.455. The van der Waals surface area contributed by atoms with Gasteiger partial charge in [-0.05, 0) is 31.4 Å². The van der Waals surface area contributed by atoms with Gasteiger partial charge in [0.15, 0.2) is 5.78 Å². The zero-order valence-electron chi connectivity index (χ0n) is 14.6. The monoisotopic (exact) mass is 337 g/mol. The minimum Gasteiger partial charge on any atom is -0.506 e. The number of rotatable bonds is 7. The molecule has 0 aromatic heterocycles. The number of aryl methyl sites for hydroxylation is 1. The standard InChI is InChI=1S/C18H24FNO4/c1-10(2)16(9-21)20-8-14(12(4)22)18(23)13-6-11(3)17(24-5)7-15(13)19/h6-8,10,16,21,23H,9H2,1-5H3/t16-/m1/s1. The summed E-state index contributed by atoms with van der Waals surface area (Å²) in [5.41, 5.74) is 0.406. The third-order valence-electron chi connectivity index (χ3n) is 3.73. The van der Waals surface area contributed by atoms with Crippen LogP contribution < -0.4 is 4.74 Å². The summed E-state index contributed by atoms with van der Waals surface area (Å²) < 4.78 is 19.2. The first-order chi connectivity index (χ1) is 11.2. The van der Waals surface area contributed by atoms with E-state index in [1.54, 1.807) is 6.92 Å². The van der Waals surface area contributed by atoms with Crippen LogP contribution in [0, 0.1) is 18.7 Å². The van der Waals surface area contributed by atoms with Crippen molar-refractivity contribution in [2.24, 2.45) is 10.9 Å². The number of Topliss-reactive ketones (excluding diaryl/α,β-unsaturated/α-hetero) is 1. The number of aliphatic hydroxyl groups excluding tert-OH is 2. The molecule has 0 saturated carbocycles. The second-order valence-corrected chi connectivity index (χ2v) is 5.89. The van der Waals surface area contributed by atoms with Crippen LogP contribution in [-0.2, 0) is 4.79 Å². The topological polar surface area (TPSA) is 79.1 Å². The molecule has 1 aromatic carbocycles. The second kappa shape index (κ2) is 8.59. The van der Waals surface area contributed by atoms with E-state index in [9.17, 15) is 19.4 Å². The molecule has 0 spiro atoms. The molecule has 0 radical (unpaired) electrons. The molecule has 0 unspecified atom stereocenters. The molecule has 0 heterocycles. The van der Waals surface area contributed by atoms with Crippen molar-refractivity contribution in [3.05, 3.63) is 34.6 Å². The van der Waals surface area contributed by atoms with E-state index in [0.717, 1.165) is 6.07 Å². The Balaban J connectivity index is 3.39. The lowest BCUT2D eigenvalue weighted by Gasteiger charge is -2.13. The van der Waals surface area contributed by atoms with Crippen LogP contribution >= 0.6 is 0 Å². The minimum atomic E-state index is -0.704. The van der Waals surface area contributed by atoms with Crippen LogP contribution in [0.4, 0.5) is 4.39 Å². The van der Waals surface area contributed by atoms with Gasteiger partial charge in [0.05, 0.1) is 30.9 Å². The predicted molar refractivity (Wildman–Crippen MR) is 92.1 cm³/mol. The number of hydrogen-bond donors (Lipinski definition) is 2. The molecular formula is C18H24FNO4. The fourth-order valence-electron chi connectivity index (χ4n) is 2.13. The number of carbonyl (C=O) groups excluding carboxylic acids is 1. The van der Waals surface area contributed by atoms with Crippen molar-refractivity contribution in [2.45, 2.75) is 33.7 Å². The number of ketones is 1. The van der Waals surface area contributed by atoms with Gasteiger partial charge in [0.2, 0.25) is 0 Å². The molecule has 1 rings (SSSR count). The molecule has 6 heteroatoms. The van der Waals surface area contributed by atoms with Gasteiger partial charge >= 0.3 is 0 Å². The largest absolute Gasteiger partial charge is 0.506 e. The Bertz CT molecular complexity index is 665. The van der Waals surface area contributed by atoms with Crippen molar-refractivity contribution in [3.8, 4) is 5.75 Å². The maximum Gasteiger partial charge on any atom is 0.165 e. The van der Waals surface area contributed by atoms with Gasteiger partial charge in [-0.25, -0.2) is 4.39 Å². The van der Waals surface area contributed by atoms with Crippen LogP contribution in [0.25, 0.3) is 5.76 Å². The first kappa shape index (κ1) is 19.8. The van der Waals surface area contributed by atoms with Gasteiger partial charge in [0, 0.05) is 12.3 Å². The van der Waals surface area contributed by atoms with Crippen molar-refractivity contribution in [1.82, 2.24) is 0 Å². The van der Waals surface area contributed by atoms with Gasteiger partial charge < -0.3 is 14.9 Å². The summed E-state index contributed by atoms with van der Waals surface area (Å²) in [6.45, 7) is 6.53. The molecule has 5 nitrogen and oxygen atoms in total. The van der Waals surface area contributed by atoms with Gasteiger partial charge in [0.25, 0.3) is 0 Å². The molecule has 1 atom stereocenters. The van der Waals surface area contributed by atoms with Crippen molar-refractivity contribution < 1.29 is 24.1 Å². The van der Waals surface area contributed by atoms with Gasteiger partial charge in [-0.2, -0.15) is 0 Å². The first-order valence-electron chi connectivity index (χ1n) is 7.65. The van der Waals surface area contributed by atoms with Crippen molar-refractivity contribution in [2.75, 3.05) is 13.7 Å². The number of nitrogens with zero attached hydrogens (tertiary/aromatic N) is 1. The van der Waals surface area contributed by atoms with Crippen molar-refractivity contribution in [3.63, 3.8) is 0 Å². The van der Waals surface area contributed by atoms with Gasteiger partial charge in [-0.1, -0.05) is 13.8 Å². The number of aliphatic hydroxyl groups is 2. The Kier molecular flexibility index (Phi) is 7.10. The van der Waals surface area contributed by atoms with E-state index >= 15 is 0 Å². The fourth-order valence-corrected chi connectivity index (χ4v) is 2.13. The van der Waals surface area contributed by atoms with Crippen LogP contribution in [0.15, 0.2) is 22.7 Å². The van der Waals surface area contributed by atoms with E-state index in [0.29, 0.717) is 11.3 Å². The van der Waals surface area contributed by atoms with Crippen molar-refractivity contribution >= 4 is 17.8 Å². The number of ether oxygens (including phenoxy) is 1. The van der Waals surface area contributed by atoms with Crippen molar-refractivity contribution in [1.29, 1.82) is 0 Å². The summed E-state index contributed by atoms with van der Waals surface area (Å²) in [7, 11) is 1.42. The van der Waals surface area contributed by atoms with E-state index in [-0.39, 0.29) is 23.7 Å². The van der Waals surface area contributed by atoms with Gasteiger partial charge in [-0.3, -0.25) is 9.79 Å². The zero-order valence-corrected chi connectivity index (χ0v) is 14.6. The molecular weight excluding hydrogens is 313 g/mol. The molecule has 0 aliphatic rings. The highest BCUT2D eigenvalue weighted by atomic mass is 19.1. The van der Waals surface area contributed by atoms with E-state index < -0.39 is 23.4 Å². The number of allylic oxidation sites excluding steroid dienone is 1. The SMILES string of the molecule is COc1cc(F)c(C(O)=C(C=N[C@H](CO)C(C)C)C(C)=O)cc1C. The van der Waals surface area contributed by atoms with Crippen LogP contribution in [0.1, 0.15) is 31.9 Å². The highest BCUT2D eigenvalue weighted by molar-refractivity contribution is 6.17. The lowest BCUT2D eigenvalue weighted by molar-refractivity contribution is -0.113. The molecule has 0 amide bonds. The Morgan fingerprint density at radius 2 is 2.04 bits per heavy atom. The predicted octanol–water partition coefficient (Wildman–Crippen LogP) is 3.09. The molecule has 0 bridgehead atoms. The lowest BCUT2D eigenvalue weighted by Crippen LogP contribution is -2.18. The third-order valence-corrected chi connectivity index (χ3v) is 3.73. The van der Waals surface area contributed by atoms with Gasteiger partial charge in [0.1, 0.15) is 17.3 Å². The molecule has 0 aliphatic heterocycles. The molecule has 132 valence electrons. The van der Waals surface area contributed by atoms with Crippen LogP contribution in [0.5, 0.6) is 5.75 Å². The number of carbonyl (C=O) groups is 1. The maximum atomic E-state index is 14.2. The highest BCUT2D eigenvalue weighted by Crippen LogP contribution is 2.27. The summed E-state index contributed by atoms with van der Waals surface area (Å²) in [6, 6.07) is 2.15. The second-order valence-electron chi connectivity index (χ2n) is 5.89. The molecule has 0 saturated heterocycles. The Morgan fingerprint density at radius 3 is 2.50 bits per heavy atom. The highest BCUT2D eigenvalue weighted by Gasteiger charge is 2.18. The third kappa shape index (κ3) is 4.64. The van der Waals surface area contributed by atoms with Crippen LogP contribution in [0.2, 0.25) is 0 Å². The number of benzene rings is 1. The summed E-state index contributed by atoms with van der Waals surface area (Å²) in [5.74, 6) is -1.24. The summed E-state index contributed by atoms with van der Waals surface area (Å²) in [6.07, 6.45) is 1.19. The van der Waals surface area contributed by atoms with Gasteiger partial charge in [-0.15, -0.1) is 0 Å². The Morgan fingerprint density at radius 1 is 1.42 bits per heavy atom. The average molecular weight is 337 g/mol. The minimum absolute atomic E-state index is 0.0570. The fraction of sp³-hybridized carbons (Fsp3) is 0.444. The van der Waals surface area contributed by atoms with Crippen LogP contribution in [0.3, 0.4) is 0 Å². The number of halogens is 1. The summed E-state index contributed by atoms with van der Waals surface area (Å²) >= 11 is 0. The molecule has 0 aliphatic carbocycles. The average Bonchev–Trinajstić information content (AvgIpc) is 2.52. The number of aliphatic imine (C=N–C) groups is 1. The molecule has 1 aromatic rings. The van der Waals surface area contributed by atoms with E-state index in [4.69, 9.17) is 4.74 Å². The Hall–Kier alpha value is -2.21. The number of hydrogen-bond acceptors (Lipinski definition) is 5. The Labute approximate surface area is 141 Å².